The zero-order chi connectivity index (χ0) is 13.0. The van der Waals surface area contributed by atoms with Gasteiger partial charge in [0.05, 0.1) is 28.0 Å². The van der Waals surface area contributed by atoms with Crippen LogP contribution in [0.3, 0.4) is 0 Å². The van der Waals surface area contributed by atoms with E-state index in [4.69, 9.17) is 22.1 Å². The van der Waals surface area contributed by atoms with E-state index in [0.717, 1.165) is 0 Å². The molecule has 5 heteroatoms. The van der Waals surface area contributed by atoms with Gasteiger partial charge in [0, 0.05) is 11.9 Å². The van der Waals surface area contributed by atoms with E-state index in [-0.39, 0.29) is 0 Å². The molecule has 86 valence electrons. The second-order valence-electron chi connectivity index (χ2n) is 3.46. The minimum Gasteiger partial charge on any atom is -0.353 e. The number of hydrogen-bond donors (Lipinski definition) is 1. The third kappa shape index (κ3) is 2.40. The highest BCUT2D eigenvalue weighted by Gasteiger charge is 2.04. The van der Waals surface area contributed by atoms with E-state index >= 15 is 0 Å². The maximum Gasteiger partial charge on any atom is 0.101 e. The van der Waals surface area contributed by atoms with Crippen molar-refractivity contribution in [3.63, 3.8) is 0 Å². The lowest BCUT2D eigenvalue weighted by atomic mass is 10.2. The topological polar surface area (TPSA) is 72.5 Å². The maximum atomic E-state index is 8.95. The van der Waals surface area contributed by atoms with Crippen LogP contribution in [0.2, 0.25) is 5.02 Å². The maximum absolute atomic E-state index is 8.95. The first kappa shape index (κ1) is 11.9. The van der Waals surface area contributed by atoms with Gasteiger partial charge in [-0.1, -0.05) is 11.6 Å². The average Bonchev–Trinajstić information content (AvgIpc) is 2.39. The first-order valence-electron chi connectivity index (χ1n) is 5.05. The standard InChI is InChI=1S/C13H7ClN4/c14-12-5-11(2-1-9(12)6-15)18-13-8-17-4-3-10(13)7-16/h1-5,8,18H. The summed E-state index contributed by atoms with van der Waals surface area (Å²) in [6, 6.07) is 10.6. The summed E-state index contributed by atoms with van der Waals surface area (Å²) in [4.78, 5) is 3.95. The molecule has 0 aliphatic rings. The van der Waals surface area contributed by atoms with Gasteiger partial charge >= 0.3 is 0 Å². The fourth-order valence-corrected chi connectivity index (χ4v) is 1.65. The van der Waals surface area contributed by atoms with Crippen LogP contribution < -0.4 is 5.32 Å². The van der Waals surface area contributed by atoms with Crippen LogP contribution in [0.1, 0.15) is 11.1 Å². The van der Waals surface area contributed by atoms with Gasteiger partial charge in [-0.05, 0) is 24.3 Å². The molecule has 2 rings (SSSR count). The Labute approximate surface area is 109 Å². The van der Waals surface area contributed by atoms with Crippen molar-refractivity contribution in [2.45, 2.75) is 0 Å². The van der Waals surface area contributed by atoms with Crippen LogP contribution in [0.25, 0.3) is 0 Å². The van der Waals surface area contributed by atoms with E-state index in [2.05, 4.69) is 16.4 Å². The summed E-state index contributed by atoms with van der Waals surface area (Å²) in [5.74, 6) is 0. The number of anilines is 2. The molecule has 1 heterocycles. The van der Waals surface area contributed by atoms with Crippen molar-refractivity contribution in [1.29, 1.82) is 10.5 Å². The number of nitrogens with zero attached hydrogens (tertiary/aromatic N) is 3. The fourth-order valence-electron chi connectivity index (χ4n) is 1.43. The van der Waals surface area contributed by atoms with Gasteiger partial charge in [0.15, 0.2) is 0 Å². The van der Waals surface area contributed by atoms with Gasteiger partial charge in [0.2, 0.25) is 0 Å². The summed E-state index contributed by atoms with van der Waals surface area (Å²) in [5, 5.41) is 21.1. The van der Waals surface area contributed by atoms with Crippen molar-refractivity contribution in [3.05, 3.63) is 52.8 Å². The molecule has 0 atom stereocenters. The summed E-state index contributed by atoms with van der Waals surface area (Å²) in [6.45, 7) is 0. The minimum absolute atomic E-state index is 0.366. The van der Waals surface area contributed by atoms with E-state index in [9.17, 15) is 0 Å². The Morgan fingerprint density at radius 3 is 2.56 bits per heavy atom. The number of pyridine rings is 1. The van der Waals surface area contributed by atoms with Crippen LogP contribution in [0, 0.1) is 22.7 Å². The second kappa shape index (κ2) is 5.18. The number of hydrogen-bond acceptors (Lipinski definition) is 4. The van der Waals surface area contributed by atoms with Crippen molar-refractivity contribution in [2.75, 3.05) is 5.32 Å². The molecule has 0 spiro atoms. The van der Waals surface area contributed by atoms with Gasteiger partial charge in [0.1, 0.15) is 12.1 Å². The third-order valence-electron chi connectivity index (χ3n) is 2.31. The number of nitrogens with one attached hydrogen (secondary N) is 1. The molecule has 0 unspecified atom stereocenters. The van der Waals surface area contributed by atoms with Gasteiger partial charge in [-0.15, -0.1) is 0 Å². The number of rotatable bonds is 2. The lowest BCUT2D eigenvalue weighted by molar-refractivity contribution is 1.30. The van der Waals surface area contributed by atoms with Gasteiger partial charge < -0.3 is 5.32 Å². The van der Waals surface area contributed by atoms with Gasteiger partial charge in [-0.25, -0.2) is 0 Å². The van der Waals surface area contributed by atoms with Crippen molar-refractivity contribution in [2.24, 2.45) is 0 Å². The lowest BCUT2D eigenvalue weighted by Gasteiger charge is -2.08. The van der Waals surface area contributed by atoms with Crippen LogP contribution in [0.5, 0.6) is 0 Å². The third-order valence-corrected chi connectivity index (χ3v) is 2.62. The molecule has 1 N–H and O–H groups in total. The predicted octanol–water partition coefficient (Wildman–Crippen LogP) is 3.22. The number of benzene rings is 1. The average molecular weight is 255 g/mol. The molecule has 0 saturated carbocycles. The number of halogens is 1. The first-order valence-corrected chi connectivity index (χ1v) is 5.43. The molecule has 1 aromatic heterocycles. The van der Waals surface area contributed by atoms with Gasteiger partial charge in [0.25, 0.3) is 0 Å². The zero-order valence-corrected chi connectivity index (χ0v) is 9.94. The van der Waals surface area contributed by atoms with Crippen LogP contribution in [0.15, 0.2) is 36.7 Å². The Bertz CT molecular complexity index is 667. The van der Waals surface area contributed by atoms with E-state index in [1.54, 1.807) is 36.7 Å². The molecule has 0 fully saturated rings. The molecule has 1 aromatic carbocycles. The highest BCUT2D eigenvalue weighted by Crippen LogP contribution is 2.24. The van der Waals surface area contributed by atoms with Crippen molar-refractivity contribution < 1.29 is 0 Å². The molecule has 0 bridgehead atoms. The Morgan fingerprint density at radius 1 is 1.11 bits per heavy atom. The minimum atomic E-state index is 0.366. The lowest BCUT2D eigenvalue weighted by Crippen LogP contribution is -1.94. The quantitative estimate of drug-likeness (QED) is 0.893. The molecule has 0 radical (unpaired) electrons. The van der Waals surface area contributed by atoms with Crippen molar-refractivity contribution in [1.82, 2.24) is 4.98 Å². The van der Waals surface area contributed by atoms with Crippen LogP contribution >= 0.6 is 11.6 Å². The van der Waals surface area contributed by atoms with Crippen molar-refractivity contribution in [3.8, 4) is 12.1 Å². The molecular formula is C13H7ClN4. The summed E-state index contributed by atoms with van der Waals surface area (Å²) >= 11 is 5.93. The van der Waals surface area contributed by atoms with E-state index < -0.39 is 0 Å². The van der Waals surface area contributed by atoms with E-state index in [1.807, 2.05) is 6.07 Å². The predicted molar refractivity (Wildman–Crippen MR) is 68.4 cm³/mol. The van der Waals surface area contributed by atoms with E-state index in [1.165, 1.54) is 0 Å². The largest absolute Gasteiger partial charge is 0.353 e. The number of aromatic nitrogens is 1. The van der Waals surface area contributed by atoms with Gasteiger partial charge in [-0.2, -0.15) is 10.5 Å². The molecular weight excluding hydrogens is 248 g/mol. The van der Waals surface area contributed by atoms with E-state index in [0.29, 0.717) is 27.5 Å². The molecule has 2 aromatic rings. The highest BCUT2D eigenvalue weighted by atomic mass is 35.5. The monoisotopic (exact) mass is 254 g/mol. The van der Waals surface area contributed by atoms with Gasteiger partial charge in [-0.3, -0.25) is 4.98 Å². The molecule has 0 saturated heterocycles. The van der Waals surface area contributed by atoms with Crippen molar-refractivity contribution >= 4 is 23.0 Å². The SMILES string of the molecule is N#Cc1ccc(Nc2cnccc2C#N)cc1Cl. The molecule has 0 aliphatic heterocycles. The summed E-state index contributed by atoms with van der Waals surface area (Å²) in [6.07, 6.45) is 3.11. The van der Waals surface area contributed by atoms with Crippen LogP contribution in [-0.2, 0) is 0 Å². The Hall–Kier alpha value is -2.56. The molecule has 0 aliphatic carbocycles. The first-order chi connectivity index (χ1) is 8.74. The Kier molecular flexibility index (Phi) is 3.43. The summed E-state index contributed by atoms with van der Waals surface area (Å²) < 4.78 is 0. The summed E-state index contributed by atoms with van der Waals surface area (Å²) in [5.41, 5.74) is 2.20. The highest BCUT2D eigenvalue weighted by molar-refractivity contribution is 6.32. The fraction of sp³-hybridized carbons (Fsp3) is 0. The molecule has 4 nitrogen and oxygen atoms in total. The molecule has 0 amide bonds. The summed E-state index contributed by atoms with van der Waals surface area (Å²) in [7, 11) is 0. The van der Waals surface area contributed by atoms with Crippen LogP contribution in [0.4, 0.5) is 11.4 Å². The second-order valence-corrected chi connectivity index (χ2v) is 3.87. The zero-order valence-electron chi connectivity index (χ0n) is 9.18. The Morgan fingerprint density at radius 2 is 1.89 bits per heavy atom. The normalized spacial score (nSPS) is 9.28. The molecule has 18 heavy (non-hydrogen) atoms. The smallest absolute Gasteiger partial charge is 0.101 e. The number of nitriles is 2. The van der Waals surface area contributed by atoms with Crippen LogP contribution in [-0.4, -0.2) is 4.98 Å². The Balaban J connectivity index is 2.33.